The first-order valence-electron chi connectivity index (χ1n) is 9.78. The number of phosphoric acid groups is 1. The summed E-state index contributed by atoms with van der Waals surface area (Å²) in [5.41, 5.74) is 10.2. The van der Waals surface area contributed by atoms with Gasteiger partial charge in [0.15, 0.2) is 6.29 Å². The average molecular weight is 465 g/mol. The Labute approximate surface area is 184 Å². The zero-order valence-electron chi connectivity index (χ0n) is 17.0. The number of rotatable bonds is 10. The van der Waals surface area contributed by atoms with E-state index in [9.17, 15) is 19.9 Å². The van der Waals surface area contributed by atoms with Crippen LogP contribution in [-0.4, -0.2) is 52.6 Å². The Balaban J connectivity index is 1.81. The van der Waals surface area contributed by atoms with E-state index in [1.165, 1.54) is 0 Å². The summed E-state index contributed by atoms with van der Waals surface area (Å²) in [6.07, 6.45) is -6.07. The fraction of sp³-hybridized carbons (Fsp3) is 0.400. The smallest absolute Gasteiger partial charge is 0.394 e. The zero-order valence-corrected chi connectivity index (χ0v) is 17.8. The molecule has 0 amide bonds. The first-order chi connectivity index (χ1) is 15.5. The van der Waals surface area contributed by atoms with Gasteiger partial charge in [0.1, 0.15) is 18.2 Å². The monoisotopic (exact) mass is 465 g/mol. The van der Waals surface area contributed by atoms with Crippen molar-refractivity contribution in [3.63, 3.8) is 0 Å². The van der Waals surface area contributed by atoms with Crippen LogP contribution in [0.4, 0.5) is 0 Å². The number of hydrogen-bond acceptors (Lipinski definition) is 9. The summed E-state index contributed by atoms with van der Waals surface area (Å²) < 4.78 is 35.3. The van der Waals surface area contributed by atoms with Crippen molar-refractivity contribution in [1.82, 2.24) is 0 Å². The third-order valence-electron chi connectivity index (χ3n) is 4.73. The fourth-order valence-corrected chi connectivity index (χ4v) is 4.26. The number of ether oxygens (including phenoxy) is 1. The number of aliphatic hydroxyl groups excluding tert-OH is 3. The van der Waals surface area contributed by atoms with Crippen molar-refractivity contribution in [3.8, 4) is 0 Å². The van der Waals surface area contributed by atoms with E-state index in [0.717, 1.165) is 0 Å². The van der Waals surface area contributed by atoms with E-state index < -0.39 is 45.1 Å². The third kappa shape index (κ3) is 6.36. The third-order valence-corrected chi connectivity index (χ3v) is 6.09. The van der Waals surface area contributed by atoms with Gasteiger partial charge in [-0.2, -0.15) is 0 Å². The Morgan fingerprint density at radius 2 is 1.50 bits per heavy atom. The molecule has 0 unspecified atom stereocenters. The van der Waals surface area contributed by atoms with E-state index in [-0.39, 0.29) is 13.2 Å². The lowest BCUT2D eigenvalue weighted by Gasteiger charge is -2.40. The average Bonchev–Trinajstić information content (AvgIpc) is 2.82. The van der Waals surface area contributed by atoms with Crippen molar-refractivity contribution in [2.45, 2.75) is 43.9 Å². The van der Waals surface area contributed by atoms with Gasteiger partial charge < -0.3 is 20.1 Å². The quantitative estimate of drug-likeness (QED) is 0.209. The predicted octanol–water partition coefficient (Wildman–Crippen LogP) is 2.66. The molecule has 0 aromatic heterocycles. The van der Waals surface area contributed by atoms with Crippen LogP contribution in [0.1, 0.15) is 11.1 Å². The van der Waals surface area contributed by atoms with Crippen molar-refractivity contribution < 1.29 is 38.2 Å². The Bertz CT molecular complexity index is 897. The topological polar surface area (TPSA) is 163 Å². The van der Waals surface area contributed by atoms with Gasteiger partial charge in [0.05, 0.1) is 25.9 Å². The number of benzene rings is 2. The molecule has 3 N–H and O–H groups in total. The SMILES string of the molecule is [N-]=[N+]=N[C@H]1[C@@H](OP(=O)(OCc2ccccc2)OCc2ccccc2)O[C@H](CO)[C@H](O)[C@@H]1O. The molecule has 1 saturated heterocycles. The Kier molecular flexibility index (Phi) is 8.77. The molecule has 3 rings (SSSR count). The van der Waals surface area contributed by atoms with Gasteiger partial charge in [-0.3, -0.25) is 13.6 Å². The lowest BCUT2D eigenvalue weighted by molar-refractivity contribution is -0.244. The van der Waals surface area contributed by atoms with E-state index >= 15 is 0 Å². The van der Waals surface area contributed by atoms with E-state index in [1.807, 2.05) is 12.1 Å². The largest absolute Gasteiger partial charge is 0.477 e. The lowest BCUT2D eigenvalue weighted by atomic mass is 9.98. The highest BCUT2D eigenvalue weighted by Crippen LogP contribution is 2.53. The first kappa shape index (κ1) is 24.3. The van der Waals surface area contributed by atoms with Gasteiger partial charge in [0.25, 0.3) is 0 Å². The minimum atomic E-state index is -4.35. The highest BCUT2D eigenvalue weighted by molar-refractivity contribution is 7.48. The summed E-state index contributed by atoms with van der Waals surface area (Å²) in [5.74, 6) is 0. The number of hydrogen-bond donors (Lipinski definition) is 3. The summed E-state index contributed by atoms with van der Waals surface area (Å²) >= 11 is 0. The van der Waals surface area contributed by atoms with Gasteiger partial charge in [-0.1, -0.05) is 65.8 Å². The minimum Gasteiger partial charge on any atom is -0.394 e. The maximum absolute atomic E-state index is 13.5. The zero-order chi connectivity index (χ0) is 23.0. The predicted molar refractivity (Wildman–Crippen MR) is 112 cm³/mol. The highest BCUT2D eigenvalue weighted by atomic mass is 31.2. The molecule has 12 heteroatoms. The van der Waals surface area contributed by atoms with Gasteiger partial charge in [-0.25, -0.2) is 4.57 Å². The van der Waals surface area contributed by atoms with Crippen molar-refractivity contribution >= 4 is 7.82 Å². The molecule has 11 nitrogen and oxygen atoms in total. The van der Waals surface area contributed by atoms with Crippen molar-refractivity contribution in [2.24, 2.45) is 5.11 Å². The van der Waals surface area contributed by atoms with Crippen molar-refractivity contribution in [3.05, 3.63) is 82.2 Å². The lowest BCUT2D eigenvalue weighted by Crippen LogP contribution is -2.58. The van der Waals surface area contributed by atoms with Gasteiger partial charge in [0.2, 0.25) is 0 Å². The van der Waals surface area contributed by atoms with Gasteiger partial charge in [-0.15, -0.1) is 0 Å². The van der Waals surface area contributed by atoms with Crippen LogP contribution in [0.2, 0.25) is 0 Å². The second kappa shape index (κ2) is 11.5. The molecule has 2 aromatic carbocycles. The van der Waals surface area contributed by atoms with Crippen LogP contribution in [0.25, 0.3) is 10.4 Å². The maximum atomic E-state index is 13.5. The number of nitrogens with zero attached hydrogens (tertiary/aromatic N) is 3. The summed E-state index contributed by atoms with van der Waals surface area (Å²) in [5, 5.41) is 33.2. The molecule has 1 fully saturated rings. The molecule has 1 aliphatic rings. The molecule has 1 heterocycles. The number of phosphoric ester groups is 1. The summed E-state index contributed by atoms with van der Waals surface area (Å²) in [7, 11) is -4.35. The van der Waals surface area contributed by atoms with E-state index in [4.69, 9.17) is 23.8 Å². The van der Waals surface area contributed by atoms with Gasteiger partial charge in [0, 0.05) is 4.91 Å². The van der Waals surface area contributed by atoms with Gasteiger partial charge >= 0.3 is 7.82 Å². The van der Waals surface area contributed by atoms with Crippen LogP contribution in [0.15, 0.2) is 65.8 Å². The molecule has 0 saturated carbocycles. The molecular weight excluding hydrogens is 441 g/mol. The minimum absolute atomic E-state index is 0.125. The molecule has 1 aliphatic heterocycles. The first-order valence-corrected chi connectivity index (χ1v) is 11.2. The maximum Gasteiger partial charge on any atom is 0.477 e. The second-order valence-corrected chi connectivity index (χ2v) is 8.59. The number of aliphatic hydroxyl groups is 3. The van der Waals surface area contributed by atoms with Crippen LogP contribution in [0.3, 0.4) is 0 Å². The normalized spacial score (nSPS) is 25.8. The standard InChI is InChI=1S/C20H24N3O8P/c21-23-22-17-19(26)18(25)16(11-24)30-20(17)31-32(27,28-12-14-7-3-1-4-8-14)29-13-15-9-5-2-6-10-15/h1-10,16-20,24-26H,11-13H2/t16-,17-,18+,19-,20-/m1/s1. The number of azide groups is 1. The molecule has 0 bridgehead atoms. The molecule has 2 aromatic rings. The van der Waals surface area contributed by atoms with E-state index in [0.29, 0.717) is 11.1 Å². The molecule has 0 spiro atoms. The summed E-state index contributed by atoms with van der Waals surface area (Å²) in [6.45, 7) is -0.915. The highest BCUT2D eigenvalue weighted by Gasteiger charge is 2.48. The van der Waals surface area contributed by atoms with Crippen molar-refractivity contribution in [2.75, 3.05) is 6.61 Å². The Hall–Kier alpha value is -2.30. The Morgan fingerprint density at radius 1 is 0.969 bits per heavy atom. The molecule has 32 heavy (non-hydrogen) atoms. The van der Waals surface area contributed by atoms with Crippen LogP contribution in [0.5, 0.6) is 0 Å². The van der Waals surface area contributed by atoms with E-state index in [1.54, 1.807) is 48.5 Å². The van der Waals surface area contributed by atoms with Crippen LogP contribution < -0.4 is 0 Å². The van der Waals surface area contributed by atoms with Crippen LogP contribution in [-0.2, 0) is 36.1 Å². The summed E-state index contributed by atoms with van der Waals surface area (Å²) in [4.78, 5) is 2.62. The molecule has 5 atom stereocenters. The fourth-order valence-electron chi connectivity index (χ4n) is 3.02. The van der Waals surface area contributed by atoms with Crippen LogP contribution >= 0.6 is 7.82 Å². The molecule has 0 radical (unpaired) electrons. The van der Waals surface area contributed by atoms with Crippen molar-refractivity contribution in [1.29, 1.82) is 0 Å². The van der Waals surface area contributed by atoms with E-state index in [2.05, 4.69) is 10.0 Å². The molecule has 0 aliphatic carbocycles. The second-order valence-electron chi connectivity index (χ2n) is 6.97. The van der Waals surface area contributed by atoms with Crippen LogP contribution in [0, 0.1) is 0 Å². The summed E-state index contributed by atoms with van der Waals surface area (Å²) in [6, 6.07) is 16.3. The molecular formula is C20H24N3O8P. The molecule has 172 valence electrons. The van der Waals surface area contributed by atoms with Gasteiger partial charge in [-0.05, 0) is 16.7 Å². The Morgan fingerprint density at radius 3 is 1.97 bits per heavy atom.